The average Bonchev–Trinajstić information content (AvgIpc) is 2.92. The van der Waals surface area contributed by atoms with Gasteiger partial charge in [-0.15, -0.1) is 0 Å². The van der Waals surface area contributed by atoms with Crippen molar-refractivity contribution in [2.24, 2.45) is 0 Å². The van der Waals surface area contributed by atoms with Crippen molar-refractivity contribution in [3.05, 3.63) is 6.33 Å². The van der Waals surface area contributed by atoms with Crippen molar-refractivity contribution in [3.63, 3.8) is 0 Å². The van der Waals surface area contributed by atoms with Crippen molar-refractivity contribution >= 4 is 45.5 Å². The first-order valence-electron chi connectivity index (χ1n) is 6.15. The van der Waals surface area contributed by atoms with Crippen LogP contribution >= 0.6 is 22.6 Å². The fourth-order valence-electron chi connectivity index (χ4n) is 2.38. The maximum atomic E-state index is 6.03. The van der Waals surface area contributed by atoms with Crippen LogP contribution in [0.1, 0.15) is 26.0 Å². The van der Waals surface area contributed by atoms with Gasteiger partial charge in [-0.2, -0.15) is 9.97 Å². The third-order valence-corrected chi connectivity index (χ3v) is 4.65. The third-order valence-electron chi connectivity index (χ3n) is 3.34. The Morgan fingerprint density at radius 3 is 2.95 bits per heavy atom. The molecule has 0 radical (unpaired) electrons. The molecular weight excluding hydrogens is 359 g/mol. The highest BCUT2D eigenvalue weighted by Gasteiger charge is 2.34. The van der Waals surface area contributed by atoms with E-state index in [1.165, 1.54) is 0 Å². The van der Waals surface area contributed by atoms with Gasteiger partial charge >= 0.3 is 0 Å². The van der Waals surface area contributed by atoms with E-state index in [2.05, 4.69) is 44.5 Å². The van der Waals surface area contributed by atoms with Gasteiger partial charge in [0, 0.05) is 10.3 Å². The molecule has 0 aromatic carbocycles. The third kappa shape index (κ3) is 2.12. The fraction of sp³-hybridized carbons (Fsp3) is 0.545. The summed E-state index contributed by atoms with van der Waals surface area (Å²) in [4.78, 5) is 12.4. The molecule has 0 aliphatic carbocycles. The minimum Gasteiger partial charge on any atom is -0.382 e. The van der Waals surface area contributed by atoms with Crippen LogP contribution in [-0.2, 0) is 4.74 Å². The second-order valence-corrected chi connectivity index (χ2v) is 6.18. The number of halogens is 1. The second kappa shape index (κ2) is 4.75. The molecule has 19 heavy (non-hydrogen) atoms. The molecule has 3 rings (SSSR count). The molecule has 102 valence electrons. The van der Waals surface area contributed by atoms with Gasteiger partial charge in [-0.3, -0.25) is 4.57 Å². The molecule has 0 saturated carbocycles. The highest BCUT2D eigenvalue weighted by molar-refractivity contribution is 14.1. The van der Waals surface area contributed by atoms with E-state index in [4.69, 9.17) is 16.2 Å². The molecule has 1 aliphatic rings. The summed E-state index contributed by atoms with van der Waals surface area (Å²) in [5, 5.41) is 0. The van der Waals surface area contributed by atoms with E-state index in [1.54, 1.807) is 6.33 Å². The second-order valence-electron chi connectivity index (χ2n) is 4.58. The van der Waals surface area contributed by atoms with E-state index >= 15 is 0 Å². The molecule has 2 aromatic heterocycles. The van der Waals surface area contributed by atoms with Crippen molar-refractivity contribution < 1.29 is 4.74 Å². The highest BCUT2D eigenvalue weighted by atomic mass is 127. The van der Waals surface area contributed by atoms with Crippen LogP contribution in [0.2, 0.25) is 0 Å². The van der Waals surface area contributed by atoms with Crippen molar-refractivity contribution in [1.29, 1.82) is 0 Å². The Labute approximate surface area is 123 Å². The molecular formula is C11H15IN6O. The van der Waals surface area contributed by atoms with Crippen LogP contribution in [0.3, 0.4) is 0 Å². The number of nitrogens with zero attached hydrogens (tertiary/aromatic N) is 4. The lowest BCUT2D eigenvalue weighted by Gasteiger charge is -2.14. The summed E-state index contributed by atoms with van der Waals surface area (Å²) in [5.41, 5.74) is 12.7. The number of hydrogen-bond acceptors (Lipinski definition) is 6. The molecule has 8 heteroatoms. The van der Waals surface area contributed by atoms with Crippen LogP contribution in [0, 0.1) is 0 Å². The lowest BCUT2D eigenvalue weighted by molar-refractivity contribution is 0.00416. The summed E-state index contributed by atoms with van der Waals surface area (Å²) in [6.45, 7) is 2.13. The molecule has 7 nitrogen and oxygen atoms in total. The quantitative estimate of drug-likeness (QED) is 0.610. The summed E-state index contributed by atoms with van der Waals surface area (Å²) in [7, 11) is 0. The zero-order chi connectivity index (χ0) is 13.6. The van der Waals surface area contributed by atoms with Gasteiger partial charge in [-0.1, -0.05) is 29.5 Å². The molecule has 3 heterocycles. The summed E-state index contributed by atoms with van der Waals surface area (Å²) in [5.74, 6) is 0.458. The topological polar surface area (TPSA) is 105 Å². The van der Waals surface area contributed by atoms with Crippen LogP contribution in [0.4, 0.5) is 11.8 Å². The predicted octanol–water partition coefficient (Wildman–Crippen LogP) is 1.49. The normalized spacial score (nSPS) is 27.2. The molecule has 4 N–H and O–H groups in total. The van der Waals surface area contributed by atoms with Gasteiger partial charge in [0.1, 0.15) is 11.7 Å². The first-order valence-corrected chi connectivity index (χ1v) is 7.39. The van der Waals surface area contributed by atoms with E-state index in [0.717, 1.165) is 12.8 Å². The molecule has 1 saturated heterocycles. The molecule has 2 aromatic rings. The van der Waals surface area contributed by atoms with Gasteiger partial charge in [-0.25, -0.2) is 4.98 Å². The Balaban J connectivity index is 2.02. The van der Waals surface area contributed by atoms with Gasteiger partial charge in [-0.05, 0) is 6.42 Å². The Morgan fingerprint density at radius 1 is 1.47 bits per heavy atom. The number of rotatable bonds is 2. The van der Waals surface area contributed by atoms with Crippen LogP contribution in [0.25, 0.3) is 11.2 Å². The van der Waals surface area contributed by atoms with Gasteiger partial charge in [0.2, 0.25) is 5.95 Å². The summed E-state index contributed by atoms with van der Waals surface area (Å²) < 4.78 is 8.41. The molecule has 0 amide bonds. The minimum absolute atomic E-state index is 0.0643. The van der Waals surface area contributed by atoms with E-state index in [9.17, 15) is 0 Å². The average molecular weight is 374 g/mol. The number of nitrogen functional groups attached to an aromatic ring is 2. The Hall–Kier alpha value is -1.16. The molecule has 0 bridgehead atoms. The Kier molecular flexibility index (Phi) is 3.21. The first-order chi connectivity index (χ1) is 9.10. The summed E-state index contributed by atoms with van der Waals surface area (Å²) in [6, 6.07) is 0. The maximum absolute atomic E-state index is 6.03. The largest absolute Gasteiger partial charge is 0.382 e. The summed E-state index contributed by atoms with van der Waals surface area (Å²) >= 11 is 2.43. The zero-order valence-corrected chi connectivity index (χ0v) is 12.6. The fourth-order valence-corrected chi connectivity index (χ4v) is 3.50. The van der Waals surface area contributed by atoms with E-state index in [1.807, 2.05) is 4.57 Å². The van der Waals surface area contributed by atoms with E-state index in [0.29, 0.717) is 20.9 Å². The van der Waals surface area contributed by atoms with Crippen LogP contribution in [0.5, 0.6) is 0 Å². The van der Waals surface area contributed by atoms with Crippen LogP contribution in [-0.4, -0.2) is 29.5 Å². The van der Waals surface area contributed by atoms with Gasteiger partial charge in [0.15, 0.2) is 11.5 Å². The number of nitrogens with two attached hydrogens (primary N) is 2. The number of anilines is 2. The highest BCUT2D eigenvalue weighted by Crippen LogP contribution is 2.36. The number of alkyl halides is 1. The standard InChI is InChI=1S/C11H15IN6O/c1-2-6-5(12)3-7(19-6)18-4-15-8-9(13)16-11(14)17-10(8)18/h4-7H,2-3H2,1H3,(H4,13,14,16,17)/t5?,6-,7-/m1/s1. The molecule has 3 atom stereocenters. The monoisotopic (exact) mass is 374 g/mol. The van der Waals surface area contributed by atoms with Gasteiger partial charge in [0.25, 0.3) is 0 Å². The predicted molar refractivity (Wildman–Crippen MR) is 80.8 cm³/mol. The lowest BCUT2D eigenvalue weighted by atomic mass is 10.2. The molecule has 0 spiro atoms. The van der Waals surface area contributed by atoms with Crippen molar-refractivity contribution in [3.8, 4) is 0 Å². The first kappa shape index (κ1) is 12.9. The van der Waals surface area contributed by atoms with Crippen molar-refractivity contribution in [1.82, 2.24) is 19.5 Å². The molecule has 1 unspecified atom stereocenters. The Morgan fingerprint density at radius 2 is 2.26 bits per heavy atom. The summed E-state index contributed by atoms with van der Waals surface area (Å²) in [6.07, 6.45) is 3.82. The van der Waals surface area contributed by atoms with Crippen LogP contribution in [0.15, 0.2) is 6.33 Å². The molecule has 1 fully saturated rings. The number of hydrogen-bond donors (Lipinski definition) is 2. The lowest BCUT2D eigenvalue weighted by Crippen LogP contribution is -2.14. The SMILES string of the molecule is CC[C@H]1O[C@@H](n2cnc3c(N)nc(N)nc32)CC1I. The number of aromatic nitrogens is 4. The smallest absolute Gasteiger partial charge is 0.224 e. The Bertz CT molecular complexity index is 614. The zero-order valence-electron chi connectivity index (χ0n) is 10.5. The van der Waals surface area contributed by atoms with Crippen molar-refractivity contribution in [2.45, 2.75) is 36.0 Å². The number of ether oxygens (including phenoxy) is 1. The van der Waals surface area contributed by atoms with Gasteiger partial charge in [0.05, 0.1) is 12.4 Å². The minimum atomic E-state index is -0.0643. The molecule has 1 aliphatic heterocycles. The van der Waals surface area contributed by atoms with Crippen molar-refractivity contribution in [2.75, 3.05) is 11.5 Å². The van der Waals surface area contributed by atoms with E-state index in [-0.39, 0.29) is 18.3 Å². The maximum Gasteiger partial charge on any atom is 0.224 e. The van der Waals surface area contributed by atoms with E-state index < -0.39 is 0 Å². The van der Waals surface area contributed by atoms with Gasteiger partial charge < -0.3 is 16.2 Å². The number of fused-ring (bicyclic) bond motifs is 1. The number of imidazole rings is 1. The van der Waals surface area contributed by atoms with Crippen LogP contribution < -0.4 is 11.5 Å².